The Bertz CT molecular complexity index is 698. The molecule has 3 rings (SSSR count). The molecule has 2 aliphatic rings. The van der Waals surface area contributed by atoms with Gasteiger partial charge in [-0.05, 0) is 12.1 Å². The third-order valence-corrected chi connectivity index (χ3v) is 4.71. The van der Waals surface area contributed by atoms with E-state index in [1.807, 2.05) is 0 Å². The fourth-order valence-electron chi connectivity index (χ4n) is 2.42. The van der Waals surface area contributed by atoms with Gasteiger partial charge in [-0.15, -0.1) is 4.40 Å². The summed E-state index contributed by atoms with van der Waals surface area (Å²) in [6.07, 6.45) is 0. The second kappa shape index (κ2) is 4.57. The Hall–Kier alpha value is -1.93. The van der Waals surface area contributed by atoms with E-state index in [4.69, 9.17) is 5.11 Å². The zero-order chi connectivity index (χ0) is 14.3. The maximum atomic E-state index is 12.0. The first kappa shape index (κ1) is 13.1. The van der Waals surface area contributed by atoms with E-state index in [1.165, 1.54) is 6.07 Å². The molecule has 0 unspecified atom stereocenters. The summed E-state index contributed by atoms with van der Waals surface area (Å²) in [5.74, 6) is -0.613. The van der Waals surface area contributed by atoms with E-state index in [1.54, 1.807) is 23.1 Å². The molecule has 2 N–H and O–H groups in total. The smallest absolute Gasteiger partial charge is 0.322 e. The molecule has 0 amide bonds. The van der Waals surface area contributed by atoms with Gasteiger partial charge in [0, 0.05) is 25.2 Å². The van der Waals surface area contributed by atoms with Crippen molar-refractivity contribution in [3.05, 3.63) is 29.8 Å². The molecule has 1 aromatic rings. The first-order valence-corrected chi connectivity index (χ1v) is 7.58. The molecule has 0 saturated carbocycles. The van der Waals surface area contributed by atoms with Crippen molar-refractivity contribution in [3.8, 4) is 0 Å². The van der Waals surface area contributed by atoms with Crippen molar-refractivity contribution in [1.82, 2.24) is 10.2 Å². The highest BCUT2D eigenvalue weighted by atomic mass is 32.2. The van der Waals surface area contributed by atoms with Crippen LogP contribution in [0.15, 0.2) is 33.6 Å². The van der Waals surface area contributed by atoms with Gasteiger partial charge in [-0.25, -0.2) is 0 Å². The molecule has 1 saturated heterocycles. The monoisotopic (exact) mass is 295 g/mol. The van der Waals surface area contributed by atoms with Gasteiger partial charge >= 0.3 is 5.97 Å². The highest BCUT2D eigenvalue weighted by molar-refractivity contribution is 7.90. The molecule has 106 valence electrons. The molecule has 0 aromatic heterocycles. The molecule has 2 heterocycles. The first-order chi connectivity index (χ1) is 9.49. The maximum Gasteiger partial charge on any atom is 0.322 e. The quantitative estimate of drug-likeness (QED) is 0.724. The van der Waals surface area contributed by atoms with Crippen LogP contribution in [-0.2, 0) is 14.8 Å². The standard InChI is InChI=1S/C12H13N3O4S/c16-12(17)9-7-15(6-5-13-9)11-8-3-1-2-4-10(8)20(18,19)14-11/h1-4,9,13H,5-7H2,(H,16,17)/t9-/m0/s1. The molecular weight excluding hydrogens is 282 g/mol. The molecule has 7 nitrogen and oxygen atoms in total. The normalized spacial score (nSPS) is 24.1. The van der Waals surface area contributed by atoms with E-state index in [2.05, 4.69) is 9.71 Å². The highest BCUT2D eigenvalue weighted by Gasteiger charge is 2.34. The Balaban J connectivity index is 1.97. The van der Waals surface area contributed by atoms with Crippen molar-refractivity contribution in [3.63, 3.8) is 0 Å². The second-order valence-corrected chi connectivity index (χ2v) is 6.25. The molecule has 0 spiro atoms. The number of hydrogen-bond donors (Lipinski definition) is 2. The lowest BCUT2D eigenvalue weighted by molar-refractivity contribution is -0.140. The predicted octanol–water partition coefficient (Wildman–Crippen LogP) is -0.506. The molecule has 0 bridgehead atoms. The maximum absolute atomic E-state index is 12.0. The van der Waals surface area contributed by atoms with Crippen LogP contribution in [0.5, 0.6) is 0 Å². The molecule has 0 aliphatic carbocycles. The van der Waals surface area contributed by atoms with Gasteiger partial charge < -0.3 is 15.3 Å². The van der Waals surface area contributed by atoms with Crippen LogP contribution in [0, 0.1) is 0 Å². The first-order valence-electron chi connectivity index (χ1n) is 6.14. The van der Waals surface area contributed by atoms with Crippen LogP contribution in [0.25, 0.3) is 0 Å². The van der Waals surface area contributed by atoms with Crippen LogP contribution in [0.2, 0.25) is 0 Å². The molecule has 1 aromatic carbocycles. The summed E-state index contributed by atoms with van der Waals surface area (Å²) >= 11 is 0. The third kappa shape index (κ3) is 2.06. The highest BCUT2D eigenvalue weighted by Crippen LogP contribution is 2.27. The summed E-state index contributed by atoms with van der Waals surface area (Å²) in [4.78, 5) is 12.9. The van der Waals surface area contributed by atoms with Crippen LogP contribution in [0.1, 0.15) is 5.56 Å². The van der Waals surface area contributed by atoms with E-state index in [-0.39, 0.29) is 11.4 Å². The van der Waals surface area contributed by atoms with Gasteiger partial charge in [-0.1, -0.05) is 12.1 Å². The molecule has 1 fully saturated rings. The third-order valence-electron chi connectivity index (χ3n) is 3.39. The lowest BCUT2D eigenvalue weighted by Gasteiger charge is -2.32. The van der Waals surface area contributed by atoms with Crippen LogP contribution < -0.4 is 5.32 Å². The number of rotatable bonds is 1. The zero-order valence-electron chi connectivity index (χ0n) is 10.5. The number of benzene rings is 1. The molecule has 20 heavy (non-hydrogen) atoms. The minimum Gasteiger partial charge on any atom is -0.480 e. The lowest BCUT2D eigenvalue weighted by Crippen LogP contribution is -2.55. The molecule has 1 atom stereocenters. The van der Waals surface area contributed by atoms with Crippen LogP contribution >= 0.6 is 0 Å². The van der Waals surface area contributed by atoms with Gasteiger partial charge in [0.15, 0.2) is 5.84 Å². The Kier molecular flexibility index (Phi) is 2.98. The molecule has 8 heteroatoms. The second-order valence-electron chi connectivity index (χ2n) is 4.68. The topological polar surface area (TPSA) is 99.1 Å². The fourth-order valence-corrected chi connectivity index (χ4v) is 3.65. The SMILES string of the molecule is O=C(O)[C@@H]1CN(C2=NS(=O)(=O)c3ccccc32)CCN1. The number of amidine groups is 1. The van der Waals surface area contributed by atoms with Gasteiger partial charge in [0.25, 0.3) is 10.0 Å². The van der Waals surface area contributed by atoms with Crippen LogP contribution in [-0.4, -0.2) is 55.9 Å². The Labute approximate surface area is 116 Å². The van der Waals surface area contributed by atoms with Gasteiger partial charge in [-0.2, -0.15) is 8.42 Å². The summed E-state index contributed by atoms with van der Waals surface area (Å²) in [6.45, 7) is 1.18. The zero-order valence-corrected chi connectivity index (χ0v) is 11.3. The Morgan fingerprint density at radius 2 is 2.15 bits per heavy atom. The van der Waals surface area contributed by atoms with Crippen molar-refractivity contribution in [2.75, 3.05) is 19.6 Å². The lowest BCUT2D eigenvalue weighted by atomic mass is 10.1. The average Bonchev–Trinajstić information content (AvgIpc) is 2.72. The minimum absolute atomic E-state index is 0.181. The number of fused-ring (bicyclic) bond motifs is 1. The number of aliphatic carboxylic acids is 1. The largest absolute Gasteiger partial charge is 0.480 e. The van der Waals surface area contributed by atoms with E-state index in [0.29, 0.717) is 24.5 Å². The van der Waals surface area contributed by atoms with Crippen molar-refractivity contribution >= 4 is 21.8 Å². The predicted molar refractivity (Wildman–Crippen MR) is 71.2 cm³/mol. The van der Waals surface area contributed by atoms with Crippen molar-refractivity contribution < 1.29 is 18.3 Å². The number of carboxylic acid groups (broad SMARTS) is 1. The fraction of sp³-hybridized carbons (Fsp3) is 0.333. The van der Waals surface area contributed by atoms with Gasteiger partial charge in [0.1, 0.15) is 10.9 Å². The molecular formula is C12H13N3O4S. The summed E-state index contributed by atoms with van der Waals surface area (Å²) < 4.78 is 27.8. The molecule has 2 aliphatic heterocycles. The Morgan fingerprint density at radius 3 is 2.90 bits per heavy atom. The minimum atomic E-state index is -3.66. The average molecular weight is 295 g/mol. The van der Waals surface area contributed by atoms with Crippen LogP contribution in [0.4, 0.5) is 0 Å². The number of nitrogens with one attached hydrogen (secondary N) is 1. The number of nitrogens with zero attached hydrogens (tertiary/aromatic N) is 2. The van der Waals surface area contributed by atoms with Gasteiger partial charge in [0.05, 0.1) is 0 Å². The summed E-state index contributed by atoms with van der Waals surface area (Å²) in [5.41, 5.74) is 0.540. The number of hydrogen-bond acceptors (Lipinski definition) is 5. The number of sulfonamides is 1. The van der Waals surface area contributed by atoms with E-state index in [0.717, 1.165) is 0 Å². The van der Waals surface area contributed by atoms with E-state index in [9.17, 15) is 13.2 Å². The van der Waals surface area contributed by atoms with Crippen molar-refractivity contribution in [1.29, 1.82) is 0 Å². The summed E-state index contributed by atoms with van der Waals surface area (Å²) in [5, 5.41) is 11.9. The van der Waals surface area contributed by atoms with E-state index < -0.39 is 22.0 Å². The number of carbonyl (C=O) groups is 1. The Morgan fingerprint density at radius 1 is 1.40 bits per heavy atom. The van der Waals surface area contributed by atoms with Crippen molar-refractivity contribution in [2.24, 2.45) is 4.40 Å². The van der Waals surface area contributed by atoms with Gasteiger partial charge in [0.2, 0.25) is 0 Å². The van der Waals surface area contributed by atoms with Crippen molar-refractivity contribution in [2.45, 2.75) is 10.9 Å². The number of carboxylic acids is 1. The summed E-state index contributed by atoms with van der Waals surface area (Å²) in [7, 11) is -3.66. The van der Waals surface area contributed by atoms with Gasteiger partial charge in [-0.3, -0.25) is 4.79 Å². The summed E-state index contributed by atoms with van der Waals surface area (Å²) in [6, 6.07) is 5.87. The molecule has 0 radical (unpaired) electrons. The number of piperazine rings is 1. The van der Waals surface area contributed by atoms with E-state index >= 15 is 0 Å². The van der Waals surface area contributed by atoms with Crippen LogP contribution in [0.3, 0.4) is 0 Å².